The fraction of sp³-hybridized carbons (Fsp3) is 0.385. The third kappa shape index (κ3) is 2.62. The number of hydrogen-bond donors (Lipinski definition) is 3. The lowest BCUT2D eigenvalue weighted by atomic mass is 9.88. The lowest BCUT2D eigenvalue weighted by Crippen LogP contribution is -2.35. The number of carboxylic acids is 1. The molecule has 0 aromatic heterocycles. The van der Waals surface area contributed by atoms with Gasteiger partial charge in [0.05, 0.1) is 16.7 Å². The topological polar surface area (TPSA) is 78.4 Å². The van der Waals surface area contributed by atoms with Gasteiger partial charge < -0.3 is 15.7 Å². The number of carboxylic acid groups (broad SMARTS) is 1. The number of halogens is 2. The number of rotatable bonds is 3. The van der Waals surface area contributed by atoms with Crippen LogP contribution in [0.3, 0.4) is 0 Å². The first-order valence-corrected chi connectivity index (χ1v) is 6.08. The SMILES string of the molecule is CC1(C(=O)Nc2cc(F)c(F)cc2C(=O)O)CCNC1. The van der Waals surface area contributed by atoms with Crippen LogP contribution in [0.25, 0.3) is 0 Å². The van der Waals surface area contributed by atoms with Crippen LogP contribution in [-0.2, 0) is 4.79 Å². The first-order chi connectivity index (χ1) is 9.33. The van der Waals surface area contributed by atoms with Gasteiger partial charge in [-0.05, 0) is 26.0 Å². The second-order valence-corrected chi connectivity index (χ2v) is 5.06. The average molecular weight is 284 g/mol. The van der Waals surface area contributed by atoms with Crippen molar-refractivity contribution in [1.82, 2.24) is 5.32 Å². The molecule has 1 amide bonds. The summed E-state index contributed by atoms with van der Waals surface area (Å²) in [6, 6.07) is 1.24. The maximum absolute atomic E-state index is 13.2. The van der Waals surface area contributed by atoms with Gasteiger partial charge in [-0.25, -0.2) is 13.6 Å². The third-order valence-electron chi connectivity index (χ3n) is 3.46. The van der Waals surface area contributed by atoms with Crippen molar-refractivity contribution < 1.29 is 23.5 Å². The molecule has 2 rings (SSSR count). The monoisotopic (exact) mass is 284 g/mol. The normalized spacial score (nSPS) is 21.8. The fourth-order valence-corrected chi connectivity index (χ4v) is 2.11. The van der Waals surface area contributed by atoms with Crippen molar-refractivity contribution in [2.75, 3.05) is 18.4 Å². The van der Waals surface area contributed by atoms with E-state index >= 15 is 0 Å². The molecule has 1 unspecified atom stereocenters. The van der Waals surface area contributed by atoms with E-state index < -0.39 is 34.5 Å². The Morgan fingerprint density at radius 2 is 2.00 bits per heavy atom. The number of carbonyl (C=O) groups excluding carboxylic acids is 1. The molecule has 20 heavy (non-hydrogen) atoms. The van der Waals surface area contributed by atoms with Crippen molar-refractivity contribution in [1.29, 1.82) is 0 Å². The minimum absolute atomic E-state index is 0.241. The summed E-state index contributed by atoms with van der Waals surface area (Å²) < 4.78 is 26.3. The lowest BCUT2D eigenvalue weighted by Gasteiger charge is -2.22. The van der Waals surface area contributed by atoms with E-state index in [9.17, 15) is 18.4 Å². The molecule has 1 atom stereocenters. The second kappa shape index (κ2) is 5.16. The number of carbonyl (C=O) groups is 2. The van der Waals surface area contributed by atoms with Gasteiger partial charge >= 0.3 is 5.97 Å². The van der Waals surface area contributed by atoms with E-state index in [1.165, 1.54) is 0 Å². The molecule has 3 N–H and O–H groups in total. The van der Waals surface area contributed by atoms with Gasteiger partial charge in [-0.2, -0.15) is 0 Å². The molecule has 0 bridgehead atoms. The first-order valence-electron chi connectivity index (χ1n) is 6.08. The molecule has 1 fully saturated rings. The Balaban J connectivity index is 2.31. The smallest absolute Gasteiger partial charge is 0.337 e. The van der Waals surface area contributed by atoms with Crippen LogP contribution in [0.4, 0.5) is 14.5 Å². The summed E-state index contributed by atoms with van der Waals surface area (Å²) in [5.74, 6) is -4.33. The summed E-state index contributed by atoms with van der Waals surface area (Å²) in [6.07, 6.45) is 0.588. The molecular weight excluding hydrogens is 270 g/mol. The highest BCUT2D eigenvalue weighted by Gasteiger charge is 2.36. The molecule has 0 saturated carbocycles. The predicted octanol–water partition coefficient (Wildman–Crippen LogP) is 1.60. The lowest BCUT2D eigenvalue weighted by molar-refractivity contribution is -0.123. The standard InChI is InChI=1S/C13H14F2N2O3/c1-13(2-3-16-6-13)12(20)17-10-5-9(15)8(14)4-7(10)11(18)19/h4-5,16H,2-3,6H2,1H3,(H,17,20)(H,18,19). The molecule has 7 heteroatoms. The highest BCUT2D eigenvalue weighted by Crippen LogP contribution is 2.28. The number of nitrogens with one attached hydrogen (secondary N) is 2. The largest absolute Gasteiger partial charge is 0.478 e. The Kier molecular flexibility index (Phi) is 3.71. The van der Waals surface area contributed by atoms with E-state index in [0.717, 1.165) is 0 Å². The zero-order valence-electron chi connectivity index (χ0n) is 10.8. The fourth-order valence-electron chi connectivity index (χ4n) is 2.11. The summed E-state index contributed by atoms with van der Waals surface area (Å²) in [5, 5.41) is 14.4. The third-order valence-corrected chi connectivity index (χ3v) is 3.46. The average Bonchev–Trinajstić information content (AvgIpc) is 2.81. The predicted molar refractivity (Wildman–Crippen MR) is 67.5 cm³/mol. The Morgan fingerprint density at radius 3 is 2.55 bits per heavy atom. The summed E-state index contributed by atoms with van der Waals surface area (Å²) in [6.45, 7) is 2.85. The molecule has 1 saturated heterocycles. The van der Waals surface area contributed by atoms with Crippen LogP contribution >= 0.6 is 0 Å². The van der Waals surface area contributed by atoms with Gasteiger partial charge in [-0.15, -0.1) is 0 Å². The van der Waals surface area contributed by atoms with Gasteiger partial charge in [-0.1, -0.05) is 0 Å². The van der Waals surface area contributed by atoms with Crippen LogP contribution in [0.15, 0.2) is 12.1 Å². The molecule has 1 aromatic rings. The first kappa shape index (κ1) is 14.4. The van der Waals surface area contributed by atoms with Crippen molar-refractivity contribution in [3.8, 4) is 0 Å². The van der Waals surface area contributed by atoms with Crippen molar-refractivity contribution >= 4 is 17.6 Å². The van der Waals surface area contributed by atoms with Gasteiger partial charge in [0.1, 0.15) is 0 Å². The highest BCUT2D eigenvalue weighted by atomic mass is 19.2. The van der Waals surface area contributed by atoms with Crippen molar-refractivity contribution in [3.63, 3.8) is 0 Å². The minimum Gasteiger partial charge on any atom is -0.478 e. The summed E-state index contributed by atoms with van der Waals surface area (Å²) in [5.41, 5.74) is -1.41. The maximum atomic E-state index is 13.2. The Morgan fingerprint density at radius 1 is 1.35 bits per heavy atom. The number of benzene rings is 1. The number of hydrogen-bond acceptors (Lipinski definition) is 3. The van der Waals surface area contributed by atoms with E-state index in [1.54, 1.807) is 6.92 Å². The molecule has 1 heterocycles. The van der Waals surface area contributed by atoms with Crippen LogP contribution < -0.4 is 10.6 Å². The number of aromatic carboxylic acids is 1. The van der Waals surface area contributed by atoms with Crippen LogP contribution in [0, 0.1) is 17.0 Å². The Hall–Kier alpha value is -2.02. The van der Waals surface area contributed by atoms with Gasteiger partial charge in [0.2, 0.25) is 5.91 Å². The molecule has 1 aliphatic heterocycles. The summed E-state index contributed by atoms with van der Waals surface area (Å²) in [4.78, 5) is 23.2. The Labute approximate surface area is 114 Å². The number of anilines is 1. The molecule has 0 aliphatic carbocycles. The van der Waals surface area contributed by atoms with Gasteiger partial charge in [0, 0.05) is 12.6 Å². The number of amides is 1. The molecule has 1 aliphatic rings. The van der Waals surface area contributed by atoms with Crippen LogP contribution in [0.5, 0.6) is 0 Å². The molecular formula is C13H14F2N2O3. The van der Waals surface area contributed by atoms with Crippen molar-refractivity contribution in [2.45, 2.75) is 13.3 Å². The highest BCUT2D eigenvalue weighted by molar-refractivity contribution is 6.02. The summed E-state index contributed by atoms with van der Waals surface area (Å²) in [7, 11) is 0. The van der Waals surface area contributed by atoms with Crippen LogP contribution in [0.1, 0.15) is 23.7 Å². The van der Waals surface area contributed by atoms with E-state index in [-0.39, 0.29) is 5.69 Å². The van der Waals surface area contributed by atoms with E-state index in [0.29, 0.717) is 31.6 Å². The van der Waals surface area contributed by atoms with Crippen molar-refractivity contribution in [3.05, 3.63) is 29.3 Å². The van der Waals surface area contributed by atoms with Gasteiger partial charge in [0.15, 0.2) is 11.6 Å². The van der Waals surface area contributed by atoms with Crippen LogP contribution in [0.2, 0.25) is 0 Å². The Bertz CT molecular complexity index is 569. The van der Waals surface area contributed by atoms with Gasteiger partial charge in [0.25, 0.3) is 0 Å². The molecule has 0 spiro atoms. The van der Waals surface area contributed by atoms with E-state index in [1.807, 2.05) is 0 Å². The molecule has 5 nitrogen and oxygen atoms in total. The zero-order valence-corrected chi connectivity index (χ0v) is 10.8. The quantitative estimate of drug-likeness (QED) is 0.788. The second-order valence-electron chi connectivity index (χ2n) is 5.06. The van der Waals surface area contributed by atoms with E-state index in [4.69, 9.17) is 5.11 Å². The van der Waals surface area contributed by atoms with Crippen LogP contribution in [-0.4, -0.2) is 30.1 Å². The van der Waals surface area contributed by atoms with E-state index in [2.05, 4.69) is 10.6 Å². The molecule has 108 valence electrons. The molecule has 1 aromatic carbocycles. The van der Waals surface area contributed by atoms with Gasteiger partial charge in [-0.3, -0.25) is 4.79 Å². The minimum atomic E-state index is -1.44. The maximum Gasteiger partial charge on any atom is 0.337 e. The molecule has 0 radical (unpaired) electrons. The van der Waals surface area contributed by atoms with Crippen molar-refractivity contribution in [2.24, 2.45) is 5.41 Å². The summed E-state index contributed by atoms with van der Waals surface area (Å²) >= 11 is 0. The zero-order chi connectivity index (χ0) is 14.9.